The van der Waals surface area contributed by atoms with Gasteiger partial charge >= 0.3 is 0 Å². The summed E-state index contributed by atoms with van der Waals surface area (Å²) < 4.78 is 5.79. The summed E-state index contributed by atoms with van der Waals surface area (Å²) in [4.78, 5) is 7.01. The molecule has 1 unspecified atom stereocenters. The van der Waals surface area contributed by atoms with Crippen LogP contribution in [0.2, 0.25) is 0 Å². The molecule has 0 aromatic carbocycles. The lowest BCUT2D eigenvalue weighted by Crippen LogP contribution is -2.33. The van der Waals surface area contributed by atoms with Crippen LogP contribution in [0.15, 0.2) is 18.2 Å². The van der Waals surface area contributed by atoms with Gasteiger partial charge in [0.05, 0.1) is 17.5 Å². The minimum atomic E-state index is 0.402. The van der Waals surface area contributed by atoms with Crippen molar-refractivity contribution in [2.24, 2.45) is 0 Å². The van der Waals surface area contributed by atoms with Gasteiger partial charge in [-0.1, -0.05) is 13.0 Å². The van der Waals surface area contributed by atoms with Crippen molar-refractivity contribution < 1.29 is 4.74 Å². The van der Waals surface area contributed by atoms with Gasteiger partial charge in [0, 0.05) is 26.2 Å². The number of aromatic nitrogens is 1. The van der Waals surface area contributed by atoms with E-state index in [0.717, 1.165) is 44.2 Å². The Morgan fingerprint density at radius 2 is 2.20 bits per heavy atom. The number of ether oxygens (including phenoxy) is 1. The Morgan fingerprint density at radius 3 is 2.95 bits per heavy atom. The summed E-state index contributed by atoms with van der Waals surface area (Å²) in [6, 6.07) is 6.28. The van der Waals surface area contributed by atoms with Gasteiger partial charge in [0.1, 0.15) is 0 Å². The highest BCUT2D eigenvalue weighted by atomic mass is 16.5. The van der Waals surface area contributed by atoms with Crippen LogP contribution >= 0.6 is 0 Å². The SMILES string of the molecule is CCNCc1cccc(CN(C)CC2CCCCO2)n1. The quantitative estimate of drug-likeness (QED) is 0.829. The van der Waals surface area contributed by atoms with E-state index in [1.807, 2.05) is 0 Å². The summed E-state index contributed by atoms with van der Waals surface area (Å²) in [6.45, 7) is 6.75. The van der Waals surface area contributed by atoms with Crippen molar-refractivity contribution in [2.45, 2.75) is 45.4 Å². The highest BCUT2D eigenvalue weighted by Crippen LogP contribution is 2.14. The minimum absolute atomic E-state index is 0.402. The minimum Gasteiger partial charge on any atom is -0.377 e. The molecule has 1 fully saturated rings. The van der Waals surface area contributed by atoms with Crippen molar-refractivity contribution in [3.8, 4) is 0 Å². The Balaban J connectivity index is 1.81. The number of likely N-dealkylation sites (N-methyl/N-ethyl adjacent to an activating group) is 1. The first-order valence-electron chi connectivity index (χ1n) is 7.73. The van der Waals surface area contributed by atoms with Gasteiger partial charge in [0.2, 0.25) is 0 Å². The molecule has 4 nitrogen and oxygen atoms in total. The fourth-order valence-electron chi connectivity index (χ4n) is 2.61. The number of nitrogens with zero attached hydrogens (tertiary/aromatic N) is 2. The van der Waals surface area contributed by atoms with E-state index in [0.29, 0.717) is 6.10 Å². The van der Waals surface area contributed by atoms with Crippen LogP contribution in [-0.2, 0) is 17.8 Å². The molecule has 0 saturated carbocycles. The molecule has 1 aromatic heterocycles. The molecule has 2 heterocycles. The van der Waals surface area contributed by atoms with Crippen molar-refractivity contribution >= 4 is 0 Å². The zero-order valence-corrected chi connectivity index (χ0v) is 12.8. The lowest BCUT2D eigenvalue weighted by atomic mass is 10.1. The average Bonchev–Trinajstić information content (AvgIpc) is 2.46. The molecule has 0 spiro atoms. The van der Waals surface area contributed by atoms with E-state index in [9.17, 15) is 0 Å². The van der Waals surface area contributed by atoms with Gasteiger partial charge in [0.25, 0.3) is 0 Å². The fourth-order valence-corrected chi connectivity index (χ4v) is 2.61. The molecule has 0 amide bonds. The van der Waals surface area contributed by atoms with Crippen LogP contribution in [0.3, 0.4) is 0 Å². The molecule has 1 aliphatic heterocycles. The Labute approximate surface area is 122 Å². The van der Waals surface area contributed by atoms with Crippen LogP contribution in [0.25, 0.3) is 0 Å². The number of rotatable bonds is 7. The van der Waals surface area contributed by atoms with Gasteiger partial charge in [-0.25, -0.2) is 0 Å². The molecule has 0 radical (unpaired) electrons. The second kappa shape index (κ2) is 8.35. The molecular formula is C16H27N3O. The van der Waals surface area contributed by atoms with Gasteiger partial charge in [-0.2, -0.15) is 0 Å². The third kappa shape index (κ3) is 5.19. The molecule has 1 N–H and O–H groups in total. The van der Waals surface area contributed by atoms with E-state index in [4.69, 9.17) is 9.72 Å². The molecule has 20 heavy (non-hydrogen) atoms. The molecule has 112 valence electrons. The van der Waals surface area contributed by atoms with Crippen LogP contribution in [-0.4, -0.2) is 42.7 Å². The first kappa shape index (κ1) is 15.4. The van der Waals surface area contributed by atoms with Gasteiger partial charge in [-0.15, -0.1) is 0 Å². The summed E-state index contributed by atoms with van der Waals surface area (Å²) >= 11 is 0. The van der Waals surface area contributed by atoms with Gasteiger partial charge in [0.15, 0.2) is 0 Å². The van der Waals surface area contributed by atoms with Gasteiger partial charge < -0.3 is 10.1 Å². The number of pyridine rings is 1. The van der Waals surface area contributed by atoms with Crippen LogP contribution < -0.4 is 5.32 Å². The van der Waals surface area contributed by atoms with Crippen molar-refractivity contribution in [2.75, 3.05) is 26.7 Å². The lowest BCUT2D eigenvalue weighted by Gasteiger charge is -2.27. The largest absolute Gasteiger partial charge is 0.377 e. The molecule has 1 atom stereocenters. The second-order valence-electron chi connectivity index (χ2n) is 5.59. The van der Waals surface area contributed by atoms with E-state index in [1.165, 1.54) is 19.3 Å². The van der Waals surface area contributed by atoms with Gasteiger partial charge in [-0.05, 0) is 45.0 Å². The Hall–Kier alpha value is -0.970. The summed E-state index contributed by atoms with van der Waals surface area (Å²) in [6.07, 6.45) is 4.11. The van der Waals surface area contributed by atoms with Crippen LogP contribution in [0.1, 0.15) is 37.6 Å². The summed E-state index contributed by atoms with van der Waals surface area (Å²) in [5, 5.41) is 3.31. The van der Waals surface area contributed by atoms with Gasteiger partial charge in [-0.3, -0.25) is 9.88 Å². The maximum Gasteiger partial charge on any atom is 0.0702 e. The second-order valence-corrected chi connectivity index (χ2v) is 5.59. The topological polar surface area (TPSA) is 37.4 Å². The van der Waals surface area contributed by atoms with Crippen molar-refractivity contribution in [3.63, 3.8) is 0 Å². The molecule has 2 rings (SSSR count). The van der Waals surface area contributed by atoms with Crippen molar-refractivity contribution in [3.05, 3.63) is 29.6 Å². The number of nitrogens with one attached hydrogen (secondary N) is 1. The fraction of sp³-hybridized carbons (Fsp3) is 0.688. The lowest BCUT2D eigenvalue weighted by molar-refractivity contribution is -0.00275. The Bertz CT molecular complexity index is 391. The van der Waals surface area contributed by atoms with Crippen molar-refractivity contribution in [1.29, 1.82) is 0 Å². The molecule has 4 heteroatoms. The zero-order valence-electron chi connectivity index (χ0n) is 12.8. The van der Waals surface area contributed by atoms with E-state index in [1.54, 1.807) is 0 Å². The number of hydrogen-bond donors (Lipinski definition) is 1. The van der Waals surface area contributed by atoms with E-state index < -0.39 is 0 Å². The smallest absolute Gasteiger partial charge is 0.0702 e. The molecule has 1 aliphatic rings. The molecule has 0 bridgehead atoms. The molecule has 1 saturated heterocycles. The average molecular weight is 277 g/mol. The monoisotopic (exact) mass is 277 g/mol. The molecule has 1 aromatic rings. The summed E-state index contributed by atoms with van der Waals surface area (Å²) in [7, 11) is 2.15. The highest BCUT2D eigenvalue weighted by Gasteiger charge is 2.16. The third-order valence-electron chi connectivity index (χ3n) is 3.64. The number of hydrogen-bond acceptors (Lipinski definition) is 4. The van der Waals surface area contributed by atoms with Crippen LogP contribution in [0.5, 0.6) is 0 Å². The normalized spacial score (nSPS) is 19.4. The zero-order chi connectivity index (χ0) is 14.2. The maximum absolute atomic E-state index is 5.79. The Kier molecular flexibility index (Phi) is 6.43. The van der Waals surface area contributed by atoms with E-state index in [2.05, 4.69) is 42.4 Å². The van der Waals surface area contributed by atoms with E-state index in [-0.39, 0.29) is 0 Å². The maximum atomic E-state index is 5.79. The van der Waals surface area contributed by atoms with Crippen LogP contribution in [0, 0.1) is 0 Å². The highest BCUT2D eigenvalue weighted by molar-refractivity contribution is 5.11. The first-order valence-corrected chi connectivity index (χ1v) is 7.73. The predicted octanol–water partition coefficient (Wildman–Crippen LogP) is 2.19. The molecular weight excluding hydrogens is 250 g/mol. The Morgan fingerprint density at radius 1 is 1.35 bits per heavy atom. The third-order valence-corrected chi connectivity index (χ3v) is 3.64. The summed E-state index contributed by atoms with van der Waals surface area (Å²) in [5.74, 6) is 0. The van der Waals surface area contributed by atoms with E-state index >= 15 is 0 Å². The standard InChI is InChI=1S/C16H27N3O/c1-3-17-11-14-7-6-8-15(18-14)12-19(2)13-16-9-4-5-10-20-16/h6-8,16-17H,3-5,9-13H2,1-2H3. The first-order chi connectivity index (χ1) is 9.78. The van der Waals surface area contributed by atoms with Crippen molar-refractivity contribution in [1.82, 2.24) is 15.2 Å². The molecule has 0 aliphatic carbocycles. The van der Waals surface area contributed by atoms with Crippen LogP contribution in [0.4, 0.5) is 0 Å². The summed E-state index contributed by atoms with van der Waals surface area (Å²) in [5.41, 5.74) is 2.25. The predicted molar refractivity (Wildman–Crippen MR) is 81.5 cm³/mol.